The van der Waals surface area contributed by atoms with E-state index in [1.807, 2.05) is 6.07 Å². The predicted molar refractivity (Wildman–Crippen MR) is 86.9 cm³/mol. The topological polar surface area (TPSA) is 74.5 Å². The number of benzene rings is 2. The van der Waals surface area contributed by atoms with Crippen LogP contribution in [0.4, 0.5) is 0 Å². The molecule has 6 heteroatoms. The van der Waals surface area contributed by atoms with Crippen molar-refractivity contribution in [3.8, 4) is 11.8 Å². The molecule has 1 N–H and O–H groups in total. The lowest BCUT2D eigenvalue weighted by Crippen LogP contribution is -2.17. The Morgan fingerprint density at radius 3 is 2.64 bits per heavy atom. The molecule has 1 amide bonds. The molecule has 0 aliphatic rings. The Labute approximate surface area is 136 Å². The van der Waals surface area contributed by atoms with Gasteiger partial charge in [0.05, 0.1) is 29.4 Å². The number of nitrogens with zero attached hydrogens (tertiary/aromatic N) is 2. The molecule has 110 valence electrons. The number of halogens is 1. The molecule has 0 spiro atoms. The minimum Gasteiger partial charge on any atom is -0.496 e. The molecule has 2 aromatic carbocycles. The third-order valence-electron chi connectivity index (χ3n) is 2.83. The van der Waals surface area contributed by atoms with Gasteiger partial charge in [0.25, 0.3) is 5.91 Å². The highest BCUT2D eigenvalue weighted by Gasteiger charge is 2.07. The minimum absolute atomic E-state index is 0.326. The van der Waals surface area contributed by atoms with Crippen molar-refractivity contribution in [1.82, 2.24) is 5.43 Å². The van der Waals surface area contributed by atoms with Crippen LogP contribution in [0.3, 0.4) is 0 Å². The van der Waals surface area contributed by atoms with Crippen LogP contribution in [0.1, 0.15) is 21.5 Å². The third-order valence-corrected chi connectivity index (χ3v) is 3.45. The number of nitrogens with one attached hydrogen (secondary N) is 1. The van der Waals surface area contributed by atoms with E-state index in [1.54, 1.807) is 49.6 Å². The number of ether oxygens (including phenoxy) is 1. The van der Waals surface area contributed by atoms with Gasteiger partial charge in [0, 0.05) is 5.56 Å². The Morgan fingerprint density at radius 1 is 1.32 bits per heavy atom. The van der Waals surface area contributed by atoms with Gasteiger partial charge in [0.15, 0.2) is 0 Å². The van der Waals surface area contributed by atoms with Crippen molar-refractivity contribution in [3.63, 3.8) is 0 Å². The summed E-state index contributed by atoms with van der Waals surface area (Å²) in [6, 6.07) is 13.9. The van der Waals surface area contributed by atoms with Crippen LogP contribution in [0, 0.1) is 11.3 Å². The van der Waals surface area contributed by atoms with E-state index in [4.69, 9.17) is 10.00 Å². The Morgan fingerprint density at radius 2 is 2.05 bits per heavy atom. The molecule has 0 saturated heterocycles. The highest BCUT2D eigenvalue weighted by atomic mass is 79.9. The second-order valence-electron chi connectivity index (χ2n) is 4.28. The first-order valence-corrected chi connectivity index (χ1v) is 7.10. The highest BCUT2D eigenvalue weighted by Crippen LogP contribution is 2.25. The van der Waals surface area contributed by atoms with E-state index in [0.717, 1.165) is 5.56 Å². The van der Waals surface area contributed by atoms with E-state index in [2.05, 4.69) is 26.5 Å². The fraction of sp³-hybridized carbons (Fsp3) is 0.0625. The summed E-state index contributed by atoms with van der Waals surface area (Å²) in [5, 5.41) is 12.6. The van der Waals surface area contributed by atoms with Crippen molar-refractivity contribution in [2.75, 3.05) is 7.11 Å². The minimum atomic E-state index is -0.326. The number of carbonyl (C=O) groups is 1. The number of hydrogen-bond acceptors (Lipinski definition) is 4. The maximum atomic E-state index is 12.0. The van der Waals surface area contributed by atoms with Gasteiger partial charge in [0.2, 0.25) is 0 Å². The molecule has 2 aromatic rings. The van der Waals surface area contributed by atoms with Gasteiger partial charge < -0.3 is 4.74 Å². The number of hydrazone groups is 1. The van der Waals surface area contributed by atoms with E-state index in [9.17, 15) is 4.79 Å². The molecule has 0 aliphatic heterocycles. The molecule has 0 radical (unpaired) electrons. The van der Waals surface area contributed by atoms with E-state index in [-0.39, 0.29) is 5.91 Å². The van der Waals surface area contributed by atoms with Crippen LogP contribution in [-0.2, 0) is 0 Å². The molecule has 0 heterocycles. The Balaban J connectivity index is 2.01. The maximum absolute atomic E-state index is 12.0. The Kier molecular flexibility index (Phi) is 5.28. The number of methoxy groups -OCH3 is 1. The van der Waals surface area contributed by atoms with E-state index >= 15 is 0 Å². The highest BCUT2D eigenvalue weighted by molar-refractivity contribution is 9.10. The molecular formula is C16H12BrN3O2. The maximum Gasteiger partial charge on any atom is 0.271 e. The van der Waals surface area contributed by atoms with Gasteiger partial charge in [-0.2, -0.15) is 10.4 Å². The number of amides is 1. The normalized spacial score (nSPS) is 10.2. The first kappa shape index (κ1) is 15.7. The summed E-state index contributed by atoms with van der Waals surface area (Å²) in [6.07, 6.45) is 1.51. The summed E-state index contributed by atoms with van der Waals surface area (Å²) < 4.78 is 5.80. The molecule has 0 fully saturated rings. The zero-order valence-electron chi connectivity index (χ0n) is 11.7. The molecule has 0 aromatic heterocycles. The van der Waals surface area contributed by atoms with Crippen molar-refractivity contribution < 1.29 is 9.53 Å². The molecule has 0 saturated carbocycles. The molecule has 0 bridgehead atoms. The predicted octanol–water partition coefficient (Wildman–Crippen LogP) is 3.09. The fourth-order valence-electron chi connectivity index (χ4n) is 1.68. The summed E-state index contributed by atoms with van der Waals surface area (Å²) in [7, 11) is 1.56. The second-order valence-corrected chi connectivity index (χ2v) is 5.14. The molecular weight excluding hydrogens is 346 g/mol. The van der Waals surface area contributed by atoms with Crippen LogP contribution in [-0.4, -0.2) is 19.2 Å². The van der Waals surface area contributed by atoms with Gasteiger partial charge in [-0.3, -0.25) is 4.79 Å². The van der Waals surface area contributed by atoms with Crippen molar-refractivity contribution in [3.05, 3.63) is 63.6 Å². The smallest absolute Gasteiger partial charge is 0.271 e. The standard InChI is InChI=1S/C16H12BrN3O2/c1-22-15-7-6-13(8-14(15)17)16(21)20-19-10-12-4-2-11(9-18)3-5-12/h2-8,10H,1H3,(H,20,21)/b19-10+. The van der Waals surface area contributed by atoms with Crippen molar-refractivity contribution in [1.29, 1.82) is 5.26 Å². The van der Waals surface area contributed by atoms with Crippen LogP contribution in [0.2, 0.25) is 0 Å². The number of carbonyl (C=O) groups excluding carboxylic acids is 1. The Hall–Kier alpha value is -2.65. The number of rotatable bonds is 4. The van der Waals surface area contributed by atoms with Crippen molar-refractivity contribution in [2.24, 2.45) is 5.10 Å². The second kappa shape index (κ2) is 7.38. The lowest BCUT2D eigenvalue weighted by molar-refractivity contribution is 0.0955. The van der Waals surface area contributed by atoms with Crippen LogP contribution in [0.5, 0.6) is 5.75 Å². The van der Waals surface area contributed by atoms with Gasteiger partial charge >= 0.3 is 0 Å². The third kappa shape index (κ3) is 3.93. The fourth-order valence-corrected chi connectivity index (χ4v) is 2.22. The average Bonchev–Trinajstić information content (AvgIpc) is 2.55. The van der Waals surface area contributed by atoms with Gasteiger partial charge in [0.1, 0.15) is 5.75 Å². The SMILES string of the molecule is COc1ccc(C(=O)N/N=C/c2ccc(C#N)cc2)cc1Br. The Bertz CT molecular complexity index is 749. The first-order chi connectivity index (χ1) is 10.6. The van der Waals surface area contributed by atoms with Crippen molar-refractivity contribution >= 4 is 28.1 Å². The van der Waals surface area contributed by atoms with Crippen molar-refractivity contribution in [2.45, 2.75) is 0 Å². The monoisotopic (exact) mass is 357 g/mol. The largest absolute Gasteiger partial charge is 0.496 e. The van der Waals surface area contributed by atoms with Gasteiger partial charge in [-0.1, -0.05) is 12.1 Å². The lowest BCUT2D eigenvalue weighted by atomic mass is 10.2. The molecule has 0 unspecified atom stereocenters. The van der Waals surface area contributed by atoms with Crippen LogP contribution in [0.25, 0.3) is 0 Å². The number of hydrogen-bond donors (Lipinski definition) is 1. The first-order valence-electron chi connectivity index (χ1n) is 6.31. The lowest BCUT2D eigenvalue weighted by Gasteiger charge is -2.05. The zero-order valence-corrected chi connectivity index (χ0v) is 13.3. The van der Waals surface area contributed by atoms with Gasteiger partial charge in [-0.05, 0) is 51.8 Å². The molecule has 0 aliphatic carbocycles. The van der Waals surface area contributed by atoms with E-state index in [1.165, 1.54) is 6.21 Å². The summed E-state index contributed by atoms with van der Waals surface area (Å²) in [5.74, 6) is 0.325. The van der Waals surface area contributed by atoms with E-state index in [0.29, 0.717) is 21.3 Å². The average molecular weight is 358 g/mol. The summed E-state index contributed by atoms with van der Waals surface area (Å²) in [4.78, 5) is 12.0. The van der Waals surface area contributed by atoms with Gasteiger partial charge in [-0.15, -0.1) is 0 Å². The van der Waals surface area contributed by atoms with Gasteiger partial charge in [-0.25, -0.2) is 5.43 Å². The van der Waals surface area contributed by atoms with Crippen LogP contribution >= 0.6 is 15.9 Å². The summed E-state index contributed by atoms with van der Waals surface area (Å²) >= 11 is 3.32. The summed E-state index contributed by atoms with van der Waals surface area (Å²) in [5.41, 5.74) is 4.27. The van der Waals surface area contributed by atoms with Crippen LogP contribution < -0.4 is 10.2 Å². The van der Waals surface area contributed by atoms with E-state index < -0.39 is 0 Å². The molecule has 0 atom stereocenters. The molecule has 5 nitrogen and oxygen atoms in total. The molecule has 22 heavy (non-hydrogen) atoms. The molecule has 2 rings (SSSR count). The number of nitriles is 1. The summed E-state index contributed by atoms with van der Waals surface area (Å²) in [6.45, 7) is 0. The zero-order chi connectivity index (χ0) is 15.9. The van der Waals surface area contributed by atoms with Crippen LogP contribution in [0.15, 0.2) is 52.0 Å². The quantitative estimate of drug-likeness (QED) is 0.674.